The Hall–Kier alpha value is -1.95. The van der Waals surface area contributed by atoms with Crippen LogP contribution < -0.4 is 10.6 Å². The number of hydrogen-bond acceptors (Lipinski definition) is 4. The van der Waals surface area contributed by atoms with Gasteiger partial charge in [-0.1, -0.05) is 35.7 Å². The van der Waals surface area contributed by atoms with Crippen molar-refractivity contribution in [1.82, 2.24) is 15.3 Å². The standard InChI is InChI=1S/C17H21BrN4O/c1-3-4-5-9-19-16(23)15-8-10-20-17(22-15)21-13-6-7-14(18)12(2)11-13/h6-8,10-11H,3-5,9H2,1-2H3,(H,19,23)(H,20,21,22). The maximum Gasteiger partial charge on any atom is 0.270 e. The lowest BCUT2D eigenvalue weighted by Crippen LogP contribution is -2.25. The van der Waals surface area contributed by atoms with E-state index in [4.69, 9.17) is 0 Å². The van der Waals surface area contributed by atoms with Crippen molar-refractivity contribution in [3.05, 3.63) is 46.2 Å². The Morgan fingerprint density at radius 1 is 1.26 bits per heavy atom. The zero-order valence-electron chi connectivity index (χ0n) is 13.4. The van der Waals surface area contributed by atoms with Crippen molar-refractivity contribution in [3.63, 3.8) is 0 Å². The number of aromatic nitrogens is 2. The summed E-state index contributed by atoms with van der Waals surface area (Å²) >= 11 is 3.47. The molecule has 1 aromatic carbocycles. The van der Waals surface area contributed by atoms with E-state index in [2.05, 4.69) is 43.5 Å². The van der Waals surface area contributed by atoms with Gasteiger partial charge in [-0.15, -0.1) is 0 Å². The molecule has 2 N–H and O–H groups in total. The molecular weight excluding hydrogens is 356 g/mol. The van der Waals surface area contributed by atoms with Gasteiger partial charge in [0.05, 0.1) is 0 Å². The van der Waals surface area contributed by atoms with Gasteiger partial charge in [-0.25, -0.2) is 9.97 Å². The average molecular weight is 377 g/mol. The third-order valence-electron chi connectivity index (χ3n) is 3.37. The third-order valence-corrected chi connectivity index (χ3v) is 4.26. The summed E-state index contributed by atoms with van der Waals surface area (Å²) in [6, 6.07) is 7.50. The molecule has 0 aliphatic rings. The number of carbonyl (C=O) groups is 1. The molecule has 2 aromatic rings. The highest BCUT2D eigenvalue weighted by Gasteiger charge is 2.08. The predicted octanol–water partition coefficient (Wildman–Crippen LogP) is 4.21. The van der Waals surface area contributed by atoms with Crippen LogP contribution in [0.5, 0.6) is 0 Å². The fraction of sp³-hybridized carbons (Fsp3) is 0.353. The van der Waals surface area contributed by atoms with Crippen LogP contribution in [0.2, 0.25) is 0 Å². The van der Waals surface area contributed by atoms with E-state index >= 15 is 0 Å². The number of aryl methyl sites for hydroxylation is 1. The fourth-order valence-electron chi connectivity index (χ4n) is 2.06. The topological polar surface area (TPSA) is 66.9 Å². The van der Waals surface area contributed by atoms with Gasteiger partial charge in [-0.3, -0.25) is 4.79 Å². The molecule has 0 bridgehead atoms. The Labute approximate surface area is 145 Å². The van der Waals surface area contributed by atoms with Gasteiger partial charge in [0.15, 0.2) is 0 Å². The molecule has 0 unspecified atom stereocenters. The lowest BCUT2D eigenvalue weighted by molar-refractivity contribution is 0.0948. The monoisotopic (exact) mass is 376 g/mol. The number of amides is 1. The van der Waals surface area contributed by atoms with E-state index in [1.807, 2.05) is 25.1 Å². The molecule has 0 aliphatic carbocycles. The smallest absolute Gasteiger partial charge is 0.270 e. The number of unbranched alkanes of at least 4 members (excludes halogenated alkanes) is 2. The van der Waals surface area contributed by atoms with Crippen LogP contribution in [0.15, 0.2) is 34.9 Å². The molecule has 1 heterocycles. The molecule has 0 radical (unpaired) electrons. The van der Waals surface area contributed by atoms with Crippen LogP contribution in [-0.4, -0.2) is 22.4 Å². The maximum atomic E-state index is 12.1. The van der Waals surface area contributed by atoms with Crippen molar-refractivity contribution in [2.45, 2.75) is 33.1 Å². The molecule has 1 aromatic heterocycles. The minimum absolute atomic E-state index is 0.168. The third kappa shape index (κ3) is 5.32. The molecule has 0 fully saturated rings. The minimum Gasteiger partial charge on any atom is -0.351 e. The number of benzene rings is 1. The molecule has 0 saturated heterocycles. The van der Waals surface area contributed by atoms with Crippen molar-refractivity contribution in [1.29, 1.82) is 0 Å². The number of hydrogen-bond donors (Lipinski definition) is 2. The van der Waals surface area contributed by atoms with E-state index in [-0.39, 0.29) is 5.91 Å². The molecule has 0 aliphatic heterocycles. The second-order valence-electron chi connectivity index (χ2n) is 5.32. The Morgan fingerprint density at radius 2 is 2.09 bits per heavy atom. The summed E-state index contributed by atoms with van der Waals surface area (Å²) < 4.78 is 1.05. The van der Waals surface area contributed by atoms with Crippen LogP contribution >= 0.6 is 15.9 Å². The summed E-state index contributed by atoms with van der Waals surface area (Å²) in [6.45, 7) is 4.82. The highest BCUT2D eigenvalue weighted by molar-refractivity contribution is 9.10. The Kier molecular flexibility index (Phi) is 6.52. The van der Waals surface area contributed by atoms with Gasteiger partial charge < -0.3 is 10.6 Å². The summed E-state index contributed by atoms with van der Waals surface area (Å²) in [5.41, 5.74) is 2.36. The number of carbonyl (C=O) groups excluding carboxylic acids is 1. The highest BCUT2D eigenvalue weighted by Crippen LogP contribution is 2.21. The molecule has 0 spiro atoms. The van der Waals surface area contributed by atoms with E-state index in [0.29, 0.717) is 18.2 Å². The van der Waals surface area contributed by atoms with Crippen LogP contribution in [-0.2, 0) is 0 Å². The maximum absolute atomic E-state index is 12.1. The lowest BCUT2D eigenvalue weighted by Gasteiger charge is -2.08. The summed E-state index contributed by atoms with van der Waals surface area (Å²) in [4.78, 5) is 20.5. The summed E-state index contributed by atoms with van der Waals surface area (Å²) in [7, 11) is 0. The summed E-state index contributed by atoms with van der Waals surface area (Å²) in [6.07, 6.45) is 4.81. The van der Waals surface area contributed by atoms with Crippen LogP contribution in [0, 0.1) is 6.92 Å². The summed E-state index contributed by atoms with van der Waals surface area (Å²) in [5.74, 6) is 0.242. The average Bonchev–Trinajstić information content (AvgIpc) is 2.55. The van der Waals surface area contributed by atoms with E-state index in [1.54, 1.807) is 12.3 Å². The molecular formula is C17H21BrN4O. The number of nitrogens with zero attached hydrogens (tertiary/aromatic N) is 2. The van der Waals surface area contributed by atoms with Crippen molar-refractivity contribution >= 4 is 33.5 Å². The predicted molar refractivity (Wildman–Crippen MR) is 96.1 cm³/mol. The van der Waals surface area contributed by atoms with Crippen LogP contribution in [0.4, 0.5) is 11.6 Å². The van der Waals surface area contributed by atoms with Gasteiger partial charge in [0.2, 0.25) is 5.95 Å². The zero-order chi connectivity index (χ0) is 16.7. The van der Waals surface area contributed by atoms with Crippen molar-refractivity contribution in [2.24, 2.45) is 0 Å². The van der Waals surface area contributed by atoms with Gasteiger partial charge >= 0.3 is 0 Å². The largest absolute Gasteiger partial charge is 0.351 e. The van der Waals surface area contributed by atoms with Gasteiger partial charge in [0.25, 0.3) is 5.91 Å². The molecule has 5 nitrogen and oxygen atoms in total. The van der Waals surface area contributed by atoms with Gasteiger partial charge in [-0.2, -0.15) is 0 Å². The molecule has 1 amide bonds. The van der Waals surface area contributed by atoms with Gasteiger partial charge in [0, 0.05) is 22.9 Å². The first-order chi connectivity index (χ1) is 11.1. The van der Waals surface area contributed by atoms with E-state index in [9.17, 15) is 4.79 Å². The van der Waals surface area contributed by atoms with Crippen molar-refractivity contribution in [3.8, 4) is 0 Å². The quantitative estimate of drug-likeness (QED) is 0.710. The van der Waals surface area contributed by atoms with Crippen molar-refractivity contribution < 1.29 is 4.79 Å². The van der Waals surface area contributed by atoms with Gasteiger partial charge in [-0.05, 0) is 43.2 Å². The van der Waals surface area contributed by atoms with E-state index in [0.717, 1.165) is 35.0 Å². The molecule has 23 heavy (non-hydrogen) atoms. The molecule has 0 atom stereocenters. The number of halogens is 1. The highest BCUT2D eigenvalue weighted by atomic mass is 79.9. The second-order valence-corrected chi connectivity index (χ2v) is 6.17. The van der Waals surface area contributed by atoms with Crippen LogP contribution in [0.25, 0.3) is 0 Å². The first-order valence-electron chi connectivity index (χ1n) is 7.74. The zero-order valence-corrected chi connectivity index (χ0v) is 15.0. The van der Waals surface area contributed by atoms with Crippen LogP contribution in [0.3, 0.4) is 0 Å². The molecule has 122 valence electrons. The molecule has 2 rings (SSSR count). The normalized spacial score (nSPS) is 10.4. The van der Waals surface area contributed by atoms with E-state index < -0.39 is 0 Å². The molecule has 0 saturated carbocycles. The lowest BCUT2D eigenvalue weighted by atomic mass is 10.2. The Balaban J connectivity index is 2.01. The Morgan fingerprint density at radius 3 is 2.83 bits per heavy atom. The minimum atomic E-state index is -0.168. The van der Waals surface area contributed by atoms with Crippen molar-refractivity contribution in [2.75, 3.05) is 11.9 Å². The number of rotatable bonds is 7. The Bertz CT molecular complexity index is 675. The first kappa shape index (κ1) is 17.4. The van der Waals surface area contributed by atoms with Gasteiger partial charge in [0.1, 0.15) is 5.69 Å². The SMILES string of the molecule is CCCCCNC(=O)c1ccnc(Nc2ccc(Br)c(C)c2)n1. The number of nitrogens with one attached hydrogen (secondary N) is 2. The fourth-order valence-corrected chi connectivity index (χ4v) is 2.31. The summed E-state index contributed by atoms with van der Waals surface area (Å²) in [5, 5.41) is 6.00. The van der Waals surface area contributed by atoms with Crippen LogP contribution in [0.1, 0.15) is 42.2 Å². The second kappa shape index (κ2) is 8.62. The number of anilines is 2. The first-order valence-corrected chi connectivity index (χ1v) is 8.54. The van der Waals surface area contributed by atoms with E-state index in [1.165, 1.54) is 0 Å². The molecule has 6 heteroatoms.